The first kappa shape index (κ1) is 12.2. The van der Waals surface area contributed by atoms with Crippen molar-refractivity contribution < 1.29 is 14.7 Å². The number of hydrogen-bond donors (Lipinski definition) is 1. The molecule has 5 nitrogen and oxygen atoms in total. The second-order valence-corrected chi connectivity index (χ2v) is 5.00. The molecule has 0 bridgehead atoms. The smallest absolute Gasteiger partial charge is 0.320 e. The van der Waals surface area contributed by atoms with Crippen LogP contribution in [0.4, 0.5) is 4.79 Å². The van der Waals surface area contributed by atoms with Crippen molar-refractivity contribution in [2.24, 2.45) is 5.92 Å². The fourth-order valence-corrected chi connectivity index (χ4v) is 2.12. The summed E-state index contributed by atoms with van der Waals surface area (Å²) in [6.07, 6.45) is 4.31. The third-order valence-electron chi connectivity index (χ3n) is 3.49. The van der Waals surface area contributed by atoms with E-state index in [4.69, 9.17) is 5.11 Å². The second-order valence-electron chi connectivity index (χ2n) is 5.00. The Labute approximate surface area is 101 Å². The van der Waals surface area contributed by atoms with Crippen molar-refractivity contribution in [3.05, 3.63) is 0 Å². The van der Waals surface area contributed by atoms with Gasteiger partial charge in [-0.15, -0.1) is 0 Å². The van der Waals surface area contributed by atoms with Gasteiger partial charge < -0.3 is 14.9 Å². The number of rotatable bonds is 5. The number of carbonyl (C=O) groups excluding carboxylic acids is 1. The normalized spacial score (nSPS) is 19.9. The van der Waals surface area contributed by atoms with Crippen LogP contribution in [0.1, 0.15) is 32.6 Å². The minimum atomic E-state index is -0.791. The highest BCUT2D eigenvalue weighted by Crippen LogP contribution is 2.29. The molecule has 5 heteroatoms. The number of urea groups is 1. The highest BCUT2D eigenvalue weighted by molar-refractivity contribution is 5.80. The Balaban J connectivity index is 1.83. The molecule has 1 aliphatic carbocycles. The number of hydrogen-bond acceptors (Lipinski definition) is 2. The van der Waals surface area contributed by atoms with Crippen LogP contribution in [-0.4, -0.2) is 52.6 Å². The van der Waals surface area contributed by atoms with Gasteiger partial charge >= 0.3 is 12.0 Å². The van der Waals surface area contributed by atoms with E-state index in [9.17, 15) is 9.59 Å². The Morgan fingerprint density at radius 1 is 1.35 bits per heavy atom. The van der Waals surface area contributed by atoms with Crippen molar-refractivity contribution in [3.63, 3.8) is 0 Å². The summed E-state index contributed by atoms with van der Waals surface area (Å²) in [4.78, 5) is 26.4. The number of unbranched alkanes of at least 4 members (excludes halogenated alkanes) is 1. The maximum atomic E-state index is 12.1. The molecule has 1 N–H and O–H groups in total. The zero-order valence-corrected chi connectivity index (χ0v) is 10.3. The van der Waals surface area contributed by atoms with Crippen LogP contribution in [0.3, 0.4) is 0 Å². The van der Waals surface area contributed by atoms with Gasteiger partial charge in [-0.3, -0.25) is 4.79 Å². The maximum absolute atomic E-state index is 12.1. The van der Waals surface area contributed by atoms with Crippen LogP contribution in [0.5, 0.6) is 0 Å². The zero-order valence-electron chi connectivity index (χ0n) is 10.3. The Kier molecular flexibility index (Phi) is 3.54. The van der Waals surface area contributed by atoms with Gasteiger partial charge in [-0.1, -0.05) is 13.3 Å². The quantitative estimate of drug-likeness (QED) is 0.790. The van der Waals surface area contributed by atoms with Gasteiger partial charge in [-0.05, 0) is 19.3 Å². The molecule has 0 spiro atoms. The molecule has 17 heavy (non-hydrogen) atoms. The van der Waals surface area contributed by atoms with Crippen molar-refractivity contribution in [2.45, 2.75) is 38.6 Å². The first-order chi connectivity index (χ1) is 8.13. The van der Waals surface area contributed by atoms with Crippen LogP contribution in [-0.2, 0) is 4.79 Å². The van der Waals surface area contributed by atoms with Crippen LogP contribution in [0.15, 0.2) is 0 Å². The van der Waals surface area contributed by atoms with Gasteiger partial charge in [0.25, 0.3) is 0 Å². The van der Waals surface area contributed by atoms with Gasteiger partial charge in [0, 0.05) is 25.7 Å². The Bertz CT molecular complexity index is 309. The average molecular weight is 240 g/mol. The number of nitrogens with zero attached hydrogens (tertiary/aromatic N) is 2. The van der Waals surface area contributed by atoms with E-state index in [2.05, 4.69) is 6.92 Å². The van der Waals surface area contributed by atoms with Crippen LogP contribution < -0.4 is 0 Å². The molecule has 1 saturated carbocycles. The molecule has 2 aliphatic rings. The summed E-state index contributed by atoms with van der Waals surface area (Å²) in [7, 11) is 0. The number of likely N-dealkylation sites (tertiary alicyclic amines) is 1. The average Bonchev–Trinajstić information content (AvgIpc) is 2.99. The van der Waals surface area contributed by atoms with Gasteiger partial charge in [0.05, 0.1) is 5.92 Å². The standard InChI is InChI=1S/C12H20N2O3/c1-2-3-6-14(10-4-5-10)12(17)13-7-9(8-13)11(15)16/h9-10H,2-8H2,1H3,(H,15,16). The summed E-state index contributed by atoms with van der Waals surface area (Å²) < 4.78 is 0. The minimum absolute atomic E-state index is 0.0402. The van der Waals surface area contributed by atoms with Crippen molar-refractivity contribution >= 4 is 12.0 Å². The molecule has 1 heterocycles. The maximum Gasteiger partial charge on any atom is 0.320 e. The molecule has 0 atom stereocenters. The Morgan fingerprint density at radius 3 is 2.47 bits per heavy atom. The predicted molar refractivity (Wildman–Crippen MR) is 62.7 cm³/mol. The fraction of sp³-hybridized carbons (Fsp3) is 0.833. The summed E-state index contributed by atoms with van der Waals surface area (Å²) >= 11 is 0. The van der Waals surface area contributed by atoms with Crippen LogP contribution in [0, 0.1) is 5.92 Å². The highest BCUT2D eigenvalue weighted by Gasteiger charge is 2.41. The van der Waals surface area contributed by atoms with Crippen molar-refractivity contribution in [1.82, 2.24) is 9.80 Å². The zero-order chi connectivity index (χ0) is 12.4. The highest BCUT2D eigenvalue weighted by atomic mass is 16.4. The van der Waals surface area contributed by atoms with Crippen molar-refractivity contribution in [2.75, 3.05) is 19.6 Å². The van der Waals surface area contributed by atoms with E-state index in [0.29, 0.717) is 19.1 Å². The predicted octanol–water partition coefficient (Wildman–Crippen LogP) is 1.39. The molecule has 0 aromatic rings. The van der Waals surface area contributed by atoms with Gasteiger partial charge in [-0.25, -0.2) is 4.79 Å². The number of amides is 2. The van der Waals surface area contributed by atoms with Crippen molar-refractivity contribution in [3.8, 4) is 0 Å². The summed E-state index contributed by atoms with van der Waals surface area (Å²) in [5.74, 6) is -1.15. The number of aliphatic carboxylic acids is 1. The number of carboxylic acids is 1. The van der Waals surface area contributed by atoms with E-state index in [1.807, 2.05) is 4.90 Å². The summed E-state index contributed by atoms with van der Waals surface area (Å²) in [5.41, 5.74) is 0. The van der Waals surface area contributed by atoms with Gasteiger partial charge in [0.15, 0.2) is 0 Å². The molecule has 1 saturated heterocycles. The first-order valence-electron chi connectivity index (χ1n) is 6.41. The molecule has 2 fully saturated rings. The third-order valence-corrected chi connectivity index (χ3v) is 3.49. The molecular weight excluding hydrogens is 220 g/mol. The van der Waals surface area contributed by atoms with E-state index < -0.39 is 5.97 Å². The van der Waals surface area contributed by atoms with Gasteiger partial charge in [-0.2, -0.15) is 0 Å². The first-order valence-corrected chi connectivity index (χ1v) is 6.41. The Hall–Kier alpha value is -1.26. The second kappa shape index (κ2) is 4.94. The molecule has 0 aromatic carbocycles. The van der Waals surface area contributed by atoms with Crippen LogP contribution in [0.25, 0.3) is 0 Å². The number of carbonyl (C=O) groups is 2. The summed E-state index contributed by atoms with van der Waals surface area (Å²) in [6.45, 7) is 3.68. The molecule has 0 radical (unpaired) electrons. The van der Waals surface area contributed by atoms with Gasteiger partial charge in [0.2, 0.25) is 0 Å². The molecule has 96 valence electrons. The largest absolute Gasteiger partial charge is 0.481 e. The SMILES string of the molecule is CCCCN(C(=O)N1CC(C(=O)O)C1)C1CC1. The fourth-order valence-electron chi connectivity index (χ4n) is 2.12. The van der Waals surface area contributed by atoms with E-state index in [-0.39, 0.29) is 11.9 Å². The summed E-state index contributed by atoms with van der Waals surface area (Å²) in [6, 6.07) is 0.455. The molecule has 1 aliphatic heterocycles. The van der Waals surface area contributed by atoms with Crippen molar-refractivity contribution in [1.29, 1.82) is 0 Å². The summed E-state index contributed by atoms with van der Waals surface area (Å²) in [5, 5.41) is 8.78. The third kappa shape index (κ3) is 2.70. The molecule has 0 aromatic heterocycles. The monoisotopic (exact) mass is 240 g/mol. The van der Waals surface area contributed by atoms with E-state index in [1.165, 1.54) is 0 Å². The molecule has 2 amide bonds. The van der Waals surface area contributed by atoms with E-state index >= 15 is 0 Å². The lowest BCUT2D eigenvalue weighted by molar-refractivity contribution is -0.146. The van der Waals surface area contributed by atoms with E-state index in [1.54, 1.807) is 4.90 Å². The molecule has 0 unspecified atom stereocenters. The lowest BCUT2D eigenvalue weighted by atomic mass is 10.0. The molecule has 2 rings (SSSR count). The van der Waals surface area contributed by atoms with Crippen LogP contribution >= 0.6 is 0 Å². The lowest BCUT2D eigenvalue weighted by Gasteiger charge is -2.40. The lowest BCUT2D eigenvalue weighted by Crippen LogP contribution is -2.57. The van der Waals surface area contributed by atoms with Crippen LogP contribution in [0.2, 0.25) is 0 Å². The Morgan fingerprint density at radius 2 is 2.00 bits per heavy atom. The van der Waals surface area contributed by atoms with E-state index in [0.717, 1.165) is 32.2 Å². The minimum Gasteiger partial charge on any atom is -0.481 e. The topological polar surface area (TPSA) is 60.9 Å². The molecular formula is C12H20N2O3. The number of carboxylic acid groups (broad SMARTS) is 1. The van der Waals surface area contributed by atoms with Gasteiger partial charge in [0.1, 0.15) is 0 Å².